The highest BCUT2D eigenvalue weighted by molar-refractivity contribution is 9.11. The van der Waals surface area contributed by atoms with Crippen LogP contribution in [0.3, 0.4) is 0 Å². The van der Waals surface area contributed by atoms with Crippen molar-refractivity contribution in [3.8, 4) is 5.75 Å². The van der Waals surface area contributed by atoms with Gasteiger partial charge in [-0.05, 0) is 48.8 Å². The van der Waals surface area contributed by atoms with Crippen LogP contribution in [0.1, 0.15) is 26.3 Å². The van der Waals surface area contributed by atoms with Gasteiger partial charge in [-0.2, -0.15) is 5.10 Å². The molecule has 0 heterocycles. The van der Waals surface area contributed by atoms with E-state index in [0.717, 1.165) is 8.95 Å². The van der Waals surface area contributed by atoms with Crippen LogP contribution < -0.4 is 10.2 Å². The number of carbonyl (C=O) groups excluding carboxylic acids is 1. The lowest BCUT2D eigenvalue weighted by atomic mass is 10.2. The zero-order valence-corrected chi connectivity index (χ0v) is 14.8. The molecular formula is C13H16Br2N2O3. The number of amides is 1. The Morgan fingerprint density at radius 2 is 2.00 bits per heavy atom. The highest BCUT2D eigenvalue weighted by Gasteiger charge is 2.15. The largest absolute Gasteiger partial charge is 0.495 e. The van der Waals surface area contributed by atoms with E-state index in [9.17, 15) is 4.79 Å². The predicted octanol–water partition coefficient (Wildman–Crippen LogP) is 4.08. The Labute approximate surface area is 135 Å². The lowest BCUT2D eigenvalue weighted by molar-refractivity contribution is 0.0529. The Kier molecular flexibility index (Phi) is 6.01. The molecule has 7 heteroatoms. The van der Waals surface area contributed by atoms with Crippen molar-refractivity contribution in [2.24, 2.45) is 5.10 Å². The molecule has 1 aromatic carbocycles. The normalized spacial score (nSPS) is 11.5. The summed E-state index contributed by atoms with van der Waals surface area (Å²) >= 11 is 6.77. The number of nitrogens with zero attached hydrogens (tertiary/aromatic N) is 1. The summed E-state index contributed by atoms with van der Waals surface area (Å²) in [6.45, 7) is 5.35. The lowest BCUT2D eigenvalue weighted by Gasteiger charge is -2.18. The second-order valence-electron chi connectivity index (χ2n) is 4.88. The molecule has 0 aliphatic heterocycles. The molecule has 0 saturated carbocycles. The van der Waals surface area contributed by atoms with E-state index in [-0.39, 0.29) is 0 Å². The summed E-state index contributed by atoms with van der Waals surface area (Å²) in [5.74, 6) is 0.628. The maximum atomic E-state index is 11.4. The van der Waals surface area contributed by atoms with Crippen molar-refractivity contribution >= 4 is 44.2 Å². The quantitative estimate of drug-likeness (QED) is 0.606. The molecule has 0 atom stereocenters. The summed E-state index contributed by atoms with van der Waals surface area (Å²) in [6.07, 6.45) is 0.875. The fourth-order valence-electron chi connectivity index (χ4n) is 1.35. The third-order valence-corrected chi connectivity index (χ3v) is 3.05. The van der Waals surface area contributed by atoms with Crippen molar-refractivity contribution < 1.29 is 14.3 Å². The molecule has 1 rings (SSSR count). The van der Waals surface area contributed by atoms with Crippen molar-refractivity contribution in [1.29, 1.82) is 0 Å². The van der Waals surface area contributed by atoms with Crippen molar-refractivity contribution in [2.75, 3.05) is 7.11 Å². The van der Waals surface area contributed by atoms with Crippen LogP contribution in [0.4, 0.5) is 4.79 Å². The van der Waals surface area contributed by atoms with Gasteiger partial charge < -0.3 is 9.47 Å². The molecular weight excluding hydrogens is 392 g/mol. The molecule has 0 aliphatic carbocycles. The van der Waals surface area contributed by atoms with Gasteiger partial charge >= 0.3 is 6.09 Å². The second kappa shape index (κ2) is 7.08. The van der Waals surface area contributed by atoms with E-state index >= 15 is 0 Å². The molecule has 0 unspecified atom stereocenters. The first-order valence-electron chi connectivity index (χ1n) is 5.78. The van der Waals surface area contributed by atoms with Crippen LogP contribution in [0.5, 0.6) is 5.75 Å². The monoisotopic (exact) mass is 406 g/mol. The number of carbonyl (C=O) groups is 1. The average molecular weight is 408 g/mol. The minimum atomic E-state index is -0.609. The van der Waals surface area contributed by atoms with Crippen LogP contribution in [0.15, 0.2) is 26.2 Å². The third-order valence-electron chi connectivity index (χ3n) is 2.00. The summed E-state index contributed by atoms with van der Waals surface area (Å²) in [4.78, 5) is 11.4. The van der Waals surface area contributed by atoms with Gasteiger partial charge in [0.05, 0.1) is 17.8 Å². The van der Waals surface area contributed by atoms with Crippen LogP contribution in [-0.2, 0) is 4.74 Å². The Morgan fingerprint density at radius 1 is 1.35 bits per heavy atom. The van der Waals surface area contributed by atoms with Gasteiger partial charge in [0.15, 0.2) is 0 Å². The topological polar surface area (TPSA) is 59.9 Å². The first-order chi connectivity index (χ1) is 9.23. The Bertz CT molecular complexity index is 525. The van der Waals surface area contributed by atoms with Gasteiger partial charge in [0.2, 0.25) is 0 Å². The van der Waals surface area contributed by atoms with Crippen LogP contribution in [0.25, 0.3) is 0 Å². The number of hydrogen-bond donors (Lipinski definition) is 1. The maximum absolute atomic E-state index is 11.4. The zero-order valence-electron chi connectivity index (χ0n) is 11.7. The Balaban J connectivity index is 2.78. The smallest absolute Gasteiger partial charge is 0.428 e. The summed E-state index contributed by atoms with van der Waals surface area (Å²) in [5.41, 5.74) is 2.45. The van der Waals surface area contributed by atoms with Crippen molar-refractivity contribution in [3.05, 3.63) is 26.6 Å². The van der Waals surface area contributed by atoms with Crippen LogP contribution in [0.2, 0.25) is 0 Å². The SMILES string of the molecule is COc1c(Br)cc(Br)cc1C=NNC(=O)OC(C)(C)C. The third kappa shape index (κ3) is 5.50. The maximum Gasteiger partial charge on any atom is 0.428 e. The van der Waals surface area contributed by atoms with Gasteiger partial charge in [0.1, 0.15) is 11.4 Å². The molecule has 1 N–H and O–H groups in total. The molecule has 0 spiro atoms. The lowest BCUT2D eigenvalue weighted by Crippen LogP contribution is -2.29. The molecule has 0 bridgehead atoms. The van der Waals surface area contributed by atoms with Gasteiger partial charge in [0, 0.05) is 10.0 Å². The predicted molar refractivity (Wildman–Crippen MR) is 85.4 cm³/mol. The minimum Gasteiger partial charge on any atom is -0.495 e. The van der Waals surface area contributed by atoms with E-state index in [1.807, 2.05) is 12.1 Å². The minimum absolute atomic E-state index is 0.559. The number of methoxy groups -OCH3 is 1. The fraction of sp³-hybridized carbons (Fsp3) is 0.385. The molecule has 20 heavy (non-hydrogen) atoms. The van der Waals surface area contributed by atoms with Crippen LogP contribution >= 0.6 is 31.9 Å². The summed E-state index contributed by atoms with van der Waals surface area (Å²) in [5, 5.41) is 3.85. The summed E-state index contributed by atoms with van der Waals surface area (Å²) in [6, 6.07) is 3.68. The van der Waals surface area contributed by atoms with Gasteiger partial charge in [-0.3, -0.25) is 0 Å². The molecule has 0 fully saturated rings. The van der Waals surface area contributed by atoms with Gasteiger partial charge in [0.25, 0.3) is 0 Å². The molecule has 110 valence electrons. The Morgan fingerprint density at radius 3 is 2.55 bits per heavy atom. The molecule has 0 aliphatic rings. The van der Waals surface area contributed by atoms with E-state index in [4.69, 9.17) is 9.47 Å². The Hall–Kier alpha value is -1.08. The first kappa shape index (κ1) is 17.0. The number of hydrogen-bond acceptors (Lipinski definition) is 4. The number of benzene rings is 1. The molecule has 1 aromatic rings. The fourth-order valence-corrected chi connectivity index (χ4v) is 2.77. The number of hydrazone groups is 1. The van der Waals surface area contributed by atoms with E-state index in [1.54, 1.807) is 27.9 Å². The first-order valence-corrected chi connectivity index (χ1v) is 7.36. The van der Waals surface area contributed by atoms with E-state index in [2.05, 4.69) is 42.4 Å². The van der Waals surface area contributed by atoms with Crippen LogP contribution in [0, 0.1) is 0 Å². The van der Waals surface area contributed by atoms with Gasteiger partial charge in [-0.1, -0.05) is 15.9 Å². The van der Waals surface area contributed by atoms with E-state index < -0.39 is 11.7 Å². The number of halogens is 2. The highest BCUT2D eigenvalue weighted by atomic mass is 79.9. The summed E-state index contributed by atoms with van der Waals surface area (Å²) < 4.78 is 12.0. The van der Waals surface area contributed by atoms with Crippen LogP contribution in [-0.4, -0.2) is 25.0 Å². The number of nitrogens with one attached hydrogen (secondary N) is 1. The van der Waals surface area contributed by atoms with E-state index in [0.29, 0.717) is 11.3 Å². The molecule has 5 nitrogen and oxygen atoms in total. The average Bonchev–Trinajstić information content (AvgIpc) is 2.25. The molecule has 0 radical (unpaired) electrons. The van der Waals surface area contributed by atoms with Crippen molar-refractivity contribution in [3.63, 3.8) is 0 Å². The molecule has 0 saturated heterocycles. The van der Waals surface area contributed by atoms with Crippen molar-refractivity contribution in [1.82, 2.24) is 5.43 Å². The van der Waals surface area contributed by atoms with Gasteiger partial charge in [-0.25, -0.2) is 10.2 Å². The van der Waals surface area contributed by atoms with E-state index in [1.165, 1.54) is 6.21 Å². The molecule has 0 aromatic heterocycles. The summed E-state index contributed by atoms with van der Waals surface area (Å²) in [7, 11) is 1.56. The highest BCUT2D eigenvalue weighted by Crippen LogP contribution is 2.31. The van der Waals surface area contributed by atoms with Crippen molar-refractivity contribution in [2.45, 2.75) is 26.4 Å². The van der Waals surface area contributed by atoms with Gasteiger partial charge in [-0.15, -0.1) is 0 Å². The zero-order chi connectivity index (χ0) is 15.3. The second-order valence-corrected chi connectivity index (χ2v) is 6.65. The molecule has 1 amide bonds. The number of rotatable bonds is 3. The standard InChI is InChI=1S/C13H16Br2N2O3/c1-13(2,3)20-12(18)17-16-7-8-5-9(14)6-10(15)11(8)19-4/h5-7H,1-4H3,(H,17,18). The number of ether oxygens (including phenoxy) is 2.